The number of benzene rings is 2. The molecule has 1 fully saturated rings. The van der Waals surface area contributed by atoms with Gasteiger partial charge >= 0.3 is 0 Å². The lowest BCUT2D eigenvalue weighted by Crippen LogP contribution is -2.65. The smallest absolute Gasteiger partial charge is 0.223 e. The van der Waals surface area contributed by atoms with Gasteiger partial charge in [0, 0.05) is 12.5 Å². The van der Waals surface area contributed by atoms with Crippen LogP contribution in [-0.2, 0) is 9.53 Å². The van der Waals surface area contributed by atoms with E-state index in [0.29, 0.717) is 16.9 Å². The van der Waals surface area contributed by atoms with E-state index in [1.165, 1.54) is 19.1 Å². The monoisotopic (exact) mass is 391 g/mol. The Morgan fingerprint density at radius 2 is 1.93 bits per heavy atom. The number of rotatable bonds is 5. The molecule has 1 aliphatic rings. The molecule has 8 heteroatoms. The summed E-state index contributed by atoms with van der Waals surface area (Å²) in [6.07, 6.45) is -5.10. The maximum atomic E-state index is 13.6. The van der Waals surface area contributed by atoms with Crippen LogP contribution >= 0.6 is 0 Å². The van der Waals surface area contributed by atoms with Gasteiger partial charge in [-0.2, -0.15) is 0 Å². The molecule has 5 atom stereocenters. The van der Waals surface area contributed by atoms with Gasteiger partial charge in [-0.3, -0.25) is 4.79 Å². The van der Waals surface area contributed by atoms with Gasteiger partial charge in [0.15, 0.2) is 0 Å². The minimum absolute atomic E-state index is 0.328. The van der Waals surface area contributed by atoms with Crippen LogP contribution in [0.15, 0.2) is 48.5 Å². The SMILES string of the molecule is CC(=O)N[C@H]1[C@H](Oc2ccccc2-c2cccc(F)c2)O[C@H](CO)[C@H](O)[C@@H]1O. The number of carbonyl (C=O) groups is 1. The minimum atomic E-state index is -1.42. The van der Waals surface area contributed by atoms with E-state index in [1.54, 1.807) is 36.4 Å². The molecule has 4 N–H and O–H groups in total. The van der Waals surface area contributed by atoms with E-state index < -0.39 is 49.0 Å². The van der Waals surface area contributed by atoms with E-state index in [0.717, 1.165) is 0 Å². The molecule has 0 spiro atoms. The summed E-state index contributed by atoms with van der Waals surface area (Å²) in [6.45, 7) is 0.714. The molecule has 0 unspecified atom stereocenters. The number of hydrogen-bond donors (Lipinski definition) is 4. The summed E-state index contributed by atoms with van der Waals surface area (Å²) in [6, 6.07) is 11.7. The van der Waals surface area contributed by atoms with E-state index in [-0.39, 0.29) is 0 Å². The number of ether oxygens (including phenoxy) is 2. The summed E-state index contributed by atoms with van der Waals surface area (Å²) in [7, 11) is 0. The molecule has 0 bridgehead atoms. The predicted octanol–water partition coefficient (Wildman–Crippen LogP) is 0.815. The zero-order valence-corrected chi connectivity index (χ0v) is 15.2. The van der Waals surface area contributed by atoms with Gasteiger partial charge in [-0.1, -0.05) is 30.3 Å². The second kappa shape index (κ2) is 8.66. The maximum Gasteiger partial charge on any atom is 0.223 e. The van der Waals surface area contributed by atoms with Crippen molar-refractivity contribution in [2.24, 2.45) is 0 Å². The van der Waals surface area contributed by atoms with Crippen molar-refractivity contribution in [3.05, 3.63) is 54.3 Å². The van der Waals surface area contributed by atoms with Crippen molar-refractivity contribution in [2.45, 2.75) is 37.6 Å². The second-order valence-corrected chi connectivity index (χ2v) is 6.56. The van der Waals surface area contributed by atoms with Crippen LogP contribution in [0.1, 0.15) is 6.92 Å². The first-order chi connectivity index (χ1) is 13.4. The molecule has 0 radical (unpaired) electrons. The van der Waals surface area contributed by atoms with Crippen LogP contribution in [0.4, 0.5) is 4.39 Å². The third-order valence-electron chi connectivity index (χ3n) is 4.52. The number of hydrogen-bond acceptors (Lipinski definition) is 6. The molecule has 0 aromatic heterocycles. The summed E-state index contributed by atoms with van der Waals surface area (Å²) < 4.78 is 25.1. The van der Waals surface area contributed by atoms with Crippen LogP contribution in [0.5, 0.6) is 5.75 Å². The Balaban J connectivity index is 1.93. The summed E-state index contributed by atoms with van der Waals surface area (Å²) in [5.74, 6) is -0.528. The van der Waals surface area contributed by atoms with E-state index in [9.17, 15) is 24.5 Å². The molecule has 150 valence electrons. The minimum Gasteiger partial charge on any atom is -0.462 e. The molecule has 28 heavy (non-hydrogen) atoms. The van der Waals surface area contributed by atoms with Crippen molar-refractivity contribution in [2.75, 3.05) is 6.61 Å². The van der Waals surface area contributed by atoms with E-state index in [2.05, 4.69) is 5.32 Å². The summed E-state index contributed by atoms with van der Waals surface area (Å²) >= 11 is 0. The fourth-order valence-electron chi connectivity index (χ4n) is 3.16. The standard InChI is InChI=1S/C20H22FNO6/c1-11(24)22-17-19(26)18(25)16(10-23)28-20(17)27-15-8-3-2-7-14(15)12-5-4-6-13(21)9-12/h2-9,16-20,23,25-26H,10H2,1H3,(H,22,24)/t16-,17-,18+,19-,20-/m1/s1. The van der Waals surface area contributed by atoms with E-state index in [1.807, 2.05) is 0 Å². The van der Waals surface area contributed by atoms with Crippen LogP contribution in [0, 0.1) is 5.82 Å². The quantitative estimate of drug-likeness (QED) is 0.601. The number of aliphatic hydroxyl groups is 3. The van der Waals surface area contributed by atoms with Gasteiger partial charge < -0.3 is 30.1 Å². The van der Waals surface area contributed by atoms with Gasteiger partial charge in [0.2, 0.25) is 12.2 Å². The first-order valence-electron chi connectivity index (χ1n) is 8.82. The van der Waals surface area contributed by atoms with Crippen molar-refractivity contribution in [1.29, 1.82) is 0 Å². The van der Waals surface area contributed by atoms with Crippen molar-refractivity contribution >= 4 is 5.91 Å². The first kappa shape index (κ1) is 20.2. The summed E-state index contributed by atoms with van der Waals surface area (Å²) in [5, 5.41) is 32.4. The largest absolute Gasteiger partial charge is 0.462 e. The molecule has 7 nitrogen and oxygen atoms in total. The van der Waals surface area contributed by atoms with Crippen LogP contribution in [0.2, 0.25) is 0 Å². The van der Waals surface area contributed by atoms with Gasteiger partial charge in [0.05, 0.1) is 6.61 Å². The van der Waals surface area contributed by atoms with Gasteiger partial charge in [0.1, 0.15) is 35.9 Å². The third-order valence-corrected chi connectivity index (χ3v) is 4.52. The Bertz CT molecular complexity index is 832. The Morgan fingerprint density at radius 3 is 2.61 bits per heavy atom. The fraction of sp³-hybridized carbons (Fsp3) is 0.350. The Kier molecular flexibility index (Phi) is 6.25. The predicted molar refractivity (Wildman–Crippen MR) is 97.8 cm³/mol. The number of amides is 1. The molecule has 1 saturated heterocycles. The van der Waals surface area contributed by atoms with Crippen LogP contribution in [0.25, 0.3) is 11.1 Å². The molecule has 1 heterocycles. The fourth-order valence-corrected chi connectivity index (χ4v) is 3.16. The lowest BCUT2D eigenvalue weighted by Gasteiger charge is -2.42. The first-order valence-corrected chi connectivity index (χ1v) is 8.82. The van der Waals surface area contributed by atoms with Crippen molar-refractivity contribution in [3.8, 4) is 16.9 Å². The zero-order valence-electron chi connectivity index (χ0n) is 15.2. The lowest BCUT2D eigenvalue weighted by molar-refractivity contribution is -0.244. The molecule has 3 rings (SSSR count). The van der Waals surface area contributed by atoms with Gasteiger partial charge in [-0.05, 0) is 23.8 Å². The van der Waals surface area contributed by atoms with Crippen molar-refractivity contribution < 1.29 is 34.0 Å². The summed E-state index contributed by atoms with van der Waals surface area (Å²) in [4.78, 5) is 11.5. The number of carbonyl (C=O) groups excluding carboxylic acids is 1. The normalized spacial score (nSPS) is 27.2. The van der Waals surface area contributed by atoms with E-state index in [4.69, 9.17) is 9.47 Å². The molecule has 1 amide bonds. The van der Waals surface area contributed by atoms with Gasteiger partial charge in [0.25, 0.3) is 0 Å². The Labute approximate surface area is 161 Å². The number of halogens is 1. The van der Waals surface area contributed by atoms with Crippen molar-refractivity contribution in [3.63, 3.8) is 0 Å². The highest BCUT2D eigenvalue weighted by molar-refractivity contribution is 5.73. The molecular formula is C20H22FNO6. The number of nitrogens with one attached hydrogen (secondary N) is 1. The molecule has 2 aromatic carbocycles. The zero-order chi connectivity index (χ0) is 20.3. The summed E-state index contributed by atoms with van der Waals surface area (Å²) in [5.41, 5.74) is 1.15. The van der Waals surface area contributed by atoms with E-state index >= 15 is 0 Å². The molecule has 0 aliphatic carbocycles. The highest BCUT2D eigenvalue weighted by Crippen LogP contribution is 2.33. The van der Waals surface area contributed by atoms with Crippen LogP contribution in [-0.4, -0.2) is 58.5 Å². The highest BCUT2D eigenvalue weighted by Gasteiger charge is 2.46. The van der Waals surface area contributed by atoms with Gasteiger partial charge in [-0.25, -0.2) is 4.39 Å². The van der Waals surface area contributed by atoms with Crippen LogP contribution < -0.4 is 10.1 Å². The number of para-hydroxylation sites is 1. The van der Waals surface area contributed by atoms with Crippen molar-refractivity contribution in [1.82, 2.24) is 5.32 Å². The molecule has 1 aliphatic heterocycles. The molecule has 0 saturated carbocycles. The average molecular weight is 391 g/mol. The topological polar surface area (TPSA) is 108 Å². The Morgan fingerprint density at radius 1 is 1.18 bits per heavy atom. The maximum absolute atomic E-state index is 13.6. The lowest BCUT2D eigenvalue weighted by atomic mass is 9.96. The highest BCUT2D eigenvalue weighted by atomic mass is 19.1. The third kappa shape index (κ3) is 4.31. The van der Waals surface area contributed by atoms with Gasteiger partial charge in [-0.15, -0.1) is 0 Å². The number of aliphatic hydroxyl groups excluding tert-OH is 3. The second-order valence-electron chi connectivity index (χ2n) is 6.56. The molecule has 2 aromatic rings. The average Bonchev–Trinajstić information content (AvgIpc) is 2.67. The molecular weight excluding hydrogens is 369 g/mol. The van der Waals surface area contributed by atoms with Crippen LogP contribution in [0.3, 0.4) is 0 Å². The Hall–Kier alpha value is -2.52.